The molecule has 0 fully saturated rings. The monoisotopic (exact) mass is 279 g/mol. The first-order valence-electron chi connectivity index (χ1n) is 4.84. The van der Waals surface area contributed by atoms with Gasteiger partial charge in [0.15, 0.2) is 0 Å². The van der Waals surface area contributed by atoms with Crippen LogP contribution in [0.3, 0.4) is 0 Å². The van der Waals surface area contributed by atoms with E-state index in [4.69, 9.17) is 0 Å². The maximum Gasteiger partial charge on any atom is 0.212 e. The maximum atomic E-state index is 11.1. The quantitative estimate of drug-likeness (QED) is 0.841. The first-order chi connectivity index (χ1) is 6.63. The molecule has 1 aromatic carbocycles. The van der Waals surface area contributed by atoms with Crippen molar-refractivity contribution in [3.63, 3.8) is 0 Å². The smallest absolute Gasteiger partial charge is 0.212 e. The second-order valence-electron chi connectivity index (χ2n) is 3.66. The van der Waals surface area contributed by atoms with Gasteiger partial charge in [-0.2, -0.15) is 29.8 Å². The van der Waals surface area contributed by atoms with Gasteiger partial charge in [-0.1, -0.05) is 13.8 Å². The maximum absolute atomic E-state index is 11.1. The van der Waals surface area contributed by atoms with E-state index >= 15 is 0 Å². The molecule has 15 heavy (non-hydrogen) atoms. The summed E-state index contributed by atoms with van der Waals surface area (Å²) in [6.07, 6.45) is 0.436. The standard InChI is InChI=1S/C12H16NO.Y/c1-9(2)11-6-4-10(5-7-11)8-12(14)13-3;/h4-6,9H,8H2,1-3H3,(H,13,14);/q-1;. The second-order valence-corrected chi connectivity index (χ2v) is 3.66. The van der Waals surface area contributed by atoms with Crippen molar-refractivity contribution in [1.82, 2.24) is 5.32 Å². The van der Waals surface area contributed by atoms with Gasteiger partial charge >= 0.3 is 0 Å². The Labute approximate surface area is 117 Å². The summed E-state index contributed by atoms with van der Waals surface area (Å²) in [5.41, 5.74) is 2.19. The third kappa shape index (κ3) is 4.90. The SMILES string of the molecule is CNC(=O)Cc1c[c-]c(C(C)C)cc1.[Y]. The van der Waals surface area contributed by atoms with E-state index in [2.05, 4.69) is 25.2 Å². The molecule has 3 heteroatoms. The normalized spacial score (nSPS) is 9.60. The molecule has 0 saturated heterocycles. The molecule has 0 atom stereocenters. The van der Waals surface area contributed by atoms with Crippen LogP contribution in [0.1, 0.15) is 30.9 Å². The van der Waals surface area contributed by atoms with Gasteiger partial charge in [0, 0.05) is 46.2 Å². The molecule has 0 aliphatic rings. The van der Waals surface area contributed by atoms with E-state index in [1.807, 2.05) is 18.2 Å². The van der Waals surface area contributed by atoms with Gasteiger partial charge in [-0.05, 0) is 5.92 Å². The molecule has 1 rings (SSSR count). The average Bonchev–Trinajstić information content (AvgIpc) is 2.18. The number of benzene rings is 1. The van der Waals surface area contributed by atoms with Crippen LogP contribution in [0.15, 0.2) is 18.2 Å². The van der Waals surface area contributed by atoms with Gasteiger partial charge in [0.05, 0.1) is 0 Å². The molecule has 0 heterocycles. The van der Waals surface area contributed by atoms with E-state index in [9.17, 15) is 4.79 Å². The van der Waals surface area contributed by atoms with Crippen molar-refractivity contribution in [2.45, 2.75) is 26.2 Å². The van der Waals surface area contributed by atoms with Crippen molar-refractivity contribution in [2.75, 3.05) is 7.05 Å². The van der Waals surface area contributed by atoms with Crippen LogP contribution in [-0.2, 0) is 43.9 Å². The third-order valence-corrected chi connectivity index (χ3v) is 2.17. The van der Waals surface area contributed by atoms with E-state index < -0.39 is 0 Å². The molecule has 2 nitrogen and oxygen atoms in total. The molecule has 0 aliphatic carbocycles. The number of rotatable bonds is 3. The van der Waals surface area contributed by atoms with E-state index in [1.165, 1.54) is 5.56 Å². The summed E-state index contributed by atoms with van der Waals surface area (Å²) in [5, 5.41) is 2.60. The van der Waals surface area contributed by atoms with Crippen LogP contribution in [0.25, 0.3) is 0 Å². The Morgan fingerprint density at radius 1 is 1.47 bits per heavy atom. The van der Waals surface area contributed by atoms with Gasteiger partial charge in [0.1, 0.15) is 0 Å². The first-order valence-corrected chi connectivity index (χ1v) is 4.84. The zero-order valence-electron chi connectivity index (χ0n) is 9.50. The summed E-state index contributed by atoms with van der Waals surface area (Å²) in [6.45, 7) is 4.26. The summed E-state index contributed by atoms with van der Waals surface area (Å²) in [5.74, 6) is 0.528. The van der Waals surface area contributed by atoms with Crippen molar-refractivity contribution in [2.24, 2.45) is 0 Å². The van der Waals surface area contributed by atoms with Gasteiger partial charge in [0.25, 0.3) is 0 Å². The Kier molecular flexibility index (Phi) is 7.03. The summed E-state index contributed by atoms with van der Waals surface area (Å²) < 4.78 is 0. The molecule has 1 aromatic rings. The van der Waals surface area contributed by atoms with Gasteiger partial charge < -0.3 is 5.32 Å². The Balaban J connectivity index is 0.00000196. The number of carbonyl (C=O) groups excluding carboxylic acids is 1. The van der Waals surface area contributed by atoms with Gasteiger partial charge in [-0.15, -0.1) is 5.56 Å². The minimum atomic E-state index is 0. The van der Waals surface area contributed by atoms with Crippen LogP contribution in [0.4, 0.5) is 0 Å². The summed E-state index contributed by atoms with van der Waals surface area (Å²) >= 11 is 0. The van der Waals surface area contributed by atoms with E-state index in [0.29, 0.717) is 12.3 Å². The summed E-state index contributed by atoms with van der Waals surface area (Å²) in [7, 11) is 1.65. The number of hydrogen-bond donors (Lipinski definition) is 1. The number of nitrogens with one attached hydrogen (secondary N) is 1. The summed E-state index contributed by atoms with van der Waals surface area (Å²) in [4.78, 5) is 11.1. The molecular weight excluding hydrogens is 263 g/mol. The number of likely N-dealkylation sites (N-methyl/N-ethyl adjacent to an activating group) is 1. The Bertz CT molecular complexity index is 306. The predicted octanol–water partition coefficient (Wildman–Crippen LogP) is 1.90. The fraction of sp³-hybridized carbons (Fsp3) is 0.417. The van der Waals surface area contributed by atoms with E-state index in [1.54, 1.807) is 7.05 Å². The van der Waals surface area contributed by atoms with Crippen LogP contribution in [0.5, 0.6) is 0 Å². The molecule has 0 aliphatic heterocycles. The number of amides is 1. The average molecular weight is 279 g/mol. The van der Waals surface area contributed by atoms with Crippen molar-refractivity contribution in [1.29, 1.82) is 0 Å². The predicted molar refractivity (Wildman–Crippen MR) is 57.1 cm³/mol. The first kappa shape index (κ1) is 14.8. The van der Waals surface area contributed by atoms with Crippen LogP contribution in [-0.4, -0.2) is 13.0 Å². The van der Waals surface area contributed by atoms with Gasteiger partial charge in [0.2, 0.25) is 5.91 Å². The molecular formula is C12H16NOY-. The molecule has 0 bridgehead atoms. The minimum absolute atomic E-state index is 0. The molecule has 1 radical (unpaired) electrons. The van der Waals surface area contributed by atoms with Gasteiger partial charge in [-0.3, -0.25) is 4.79 Å². The van der Waals surface area contributed by atoms with Gasteiger partial charge in [-0.25, -0.2) is 0 Å². The molecule has 0 spiro atoms. The fourth-order valence-electron chi connectivity index (χ4n) is 1.21. The zero-order valence-corrected chi connectivity index (χ0v) is 12.3. The molecule has 0 saturated carbocycles. The van der Waals surface area contributed by atoms with Crippen molar-refractivity contribution in [3.05, 3.63) is 35.4 Å². The molecule has 0 unspecified atom stereocenters. The Hall–Kier alpha value is -0.206. The van der Waals surface area contributed by atoms with Crippen LogP contribution in [0, 0.1) is 6.07 Å². The van der Waals surface area contributed by atoms with Crippen LogP contribution < -0.4 is 5.32 Å². The largest absolute Gasteiger partial charge is 0.360 e. The molecule has 0 aromatic heterocycles. The molecule has 1 amide bonds. The number of hydrogen-bond acceptors (Lipinski definition) is 1. The minimum Gasteiger partial charge on any atom is -0.360 e. The molecule has 79 valence electrons. The zero-order chi connectivity index (χ0) is 10.6. The van der Waals surface area contributed by atoms with Crippen molar-refractivity contribution in [3.8, 4) is 0 Å². The number of carbonyl (C=O) groups is 1. The third-order valence-electron chi connectivity index (χ3n) is 2.17. The fourth-order valence-corrected chi connectivity index (χ4v) is 1.21. The van der Waals surface area contributed by atoms with E-state index in [-0.39, 0.29) is 38.6 Å². The second kappa shape index (κ2) is 7.13. The summed E-state index contributed by atoms with van der Waals surface area (Å²) in [6, 6.07) is 9.10. The molecule has 1 N–H and O–H groups in total. The topological polar surface area (TPSA) is 29.1 Å². The van der Waals surface area contributed by atoms with E-state index in [0.717, 1.165) is 5.56 Å². The van der Waals surface area contributed by atoms with Crippen LogP contribution in [0.2, 0.25) is 0 Å². The Morgan fingerprint density at radius 3 is 2.53 bits per heavy atom. The Morgan fingerprint density at radius 2 is 2.13 bits per heavy atom. The van der Waals surface area contributed by atoms with Crippen molar-refractivity contribution < 1.29 is 37.5 Å². The van der Waals surface area contributed by atoms with Crippen molar-refractivity contribution >= 4 is 5.91 Å². The van der Waals surface area contributed by atoms with Crippen LogP contribution >= 0.6 is 0 Å².